The number of Topliss-reactive ketones (excluding diaryl/α,β-unsaturated/α-hetero) is 1. The number of benzene rings is 2. The van der Waals surface area contributed by atoms with Gasteiger partial charge >= 0.3 is 0 Å². The molecule has 0 aromatic heterocycles. The van der Waals surface area contributed by atoms with Gasteiger partial charge < -0.3 is 4.74 Å². The van der Waals surface area contributed by atoms with Crippen LogP contribution in [0.4, 0.5) is 0 Å². The minimum Gasteiger partial charge on any atom is -0.496 e. The Balaban J connectivity index is 2.21. The highest BCUT2D eigenvalue weighted by Gasteiger charge is 2.10. The molecule has 0 unspecified atom stereocenters. The van der Waals surface area contributed by atoms with E-state index in [0.717, 1.165) is 20.3 Å². The van der Waals surface area contributed by atoms with Crippen molar-refractivity contribution >= 4 is 49.2 Å². The molecule has 20 heavy (non-hydrogen) atoms. The van der Waals surface area contributed by atoms with Crippen LogP contribution in [-0.2, 0) is 6.42 Å². The van der Waals surface area contributed by atoms with E-state index in [1.807, 2.05) is 18.2 Å². The van der Waals surface area contributed by atoms with Crippen molar-refractivity contribution in [3.05, 3.63) is 61.5 Å². The summed E-state index contributed by atoms with van der Waals surface area (Å²) in [4.78, 5) is 12.3. The molecule has 2 nitrogen and oxygen atoms in total. The number of hydrogen-bond acceptors (Lipinski definition) is 2. The lowest BCUT2D eigenvalue weighted by molar-refractivity contribution is 0.0993. The van der Waals surface area contributed by atoms with Gasteiger partial charge in [0.05, 0.1) is 11.6 Å². The monoisotopic (exact) mass is 416 g/mol. The standard InChI is InChI=1S/C15H11Br2ClO2/c1-20-15-3-2-9(4-13(15)17)5-14(19)10-6-11(16)8-12(18)7-10/h2-4,6-8H,5H2,1H3. The van der Waals surface area contributed by atoms with E-state index in [-0.39, 0.29) is 5.78 Å². The molecule has 0 fully saturated rings. The molecule has 0 atom stereocenters. The first-order chi connectivity index (χ1) is 9.49. The summed E-state index contributed by atoms with van der Waals surface area (Å²) in [6, 6.07) is 10.8. The van der Waals surface area contributed by atoms with Crippen molar-refractivity contribution in [3.63, 3.8) is 0 Å². The third kappa shape index (κ3) is 3.84. The maximum atomic E-state index is 12.3. The number of carbonyl (C=O) groups excluding carboxylic acids is 1. The number of ether oxygens (including phenoxy) is 1. The molecule has 2 rings (SSSR count). The van der Waals surface area contributed by atoms with Gasteiger partial charge in [0, 0.05) is 21.5 Å². The highest BCUT2D eigenvalue weighted by Crippen LogP contribution is 2.26. The van der Waals surface area contributed by atoms with Crippen LogP contribution in [0.3, 0.4) is 0 Å². The number of ketones is 1. The van der Waals surface area contributed by atoms with Gasteiger partial charge in [-0.05, 0) is 51.8 Å². The lowest BCUT2D eigenvalue weighted by Crippen LogP contribution is -2.04. The van der Waals surface area contributed by atoms with Crippen LogP contribution in [0.25, 0.3) is 0 Å². The summed E-state index contributed by atoms with van der Waals surface area (Å²) in [6.45, 7) is 0. The van der Waals surface area contributed by atoms with Gasteiger partial charge in [-0.1, -0.05) is 33.6 Å². The van der Waals surface area contributed by atoms with Gasteiger partial charge in [0.25, 0.3) is 0 Å². The van der Waals surface area contributed by atoms with Crippen LogP contribution in [0.1, 0.15) is 15.9 Å². The Kier molecular flexibility index (Phi) is 5.24. The van der Waals surface area contributed by atoms with Gasteiger partial charge in [0.15, 0.2) is 5.78 Å². The van der Waals surface area contributed by atoms with Crippen molar-refractivity contribution in [3.8, 4) is 5.75 Å². The molecular weight excluding hydrogens is 407 g/mol. The zero-order valence-electron chi connectivity index (χ0n) is 10.6. The summed E-state index contributed by atoms with van der Waals surface area (Å²) in [6.07, 6.45) is 0.315. The second-order valence-corrected chi connectivity index (χ2v) is 6.43. The second kappa shape index (κ2) is 6.74. The average Bonchev–Trinajstić information content (AvgIpc) is 2.37. The minimum absolute atomic E-state index is 0.0188. The molecule has 0 amide bonds. The normalized spacial score (nSPS) is 10.4. The maximum Gasteiger partial charge on any atom is 0.167 e. The van der Waals surface area contributed by atoms with Crippen LogP contribution in [0.5, 0.6) is 5.75 Å². The molecule has 0 heterocycles. The third-order valence-corrected chi connectivity index (χ3v) is 4.06. The summed E-state index contributed by atoms with van der Waals surface area (Å²) in [5.41, 5.74) is 1.51. The van der Waals surface area contributed by atoms with E-state index in [9.17, 15) is 4.79 Å². The predicted molar refractivity (Wildman–Crippen MR) is 87.9 cm³/mol. The molecular formula is C15H11Br2ClO2. The third-order valence-electron chi connectivity index (χ3n) is 2.77. The molecule has 0 aliphatic rings. The van der Waals surface area contributed by atoms with E-state index < -0.39 is 0 Å². The van der Waals surface area contributed by atoms with Crippen LogP contribution in [0.15, 0.2) is 45.3 Å². The summed E-state index contributed by atoms with van der Waals surface area (Å²) in [7, 11) is 1.61. The molecule has 0 saturated heterocycles. The molecule has 0 bridgehead atoms. The van der Waals surface area contributed by atoms with Crippen molar-refractivity contribution in [1.82, 2.24) is 0 Å². The van der Waals surface area contributed by atoms with Crippen LogP contribution in [0, 0.1) is 0 Å². The van der Waals surface area contributed by atoms with Crippen molar-refractivity contribution in [2.45, 2.75) is 6.42 Å². The average molecular weight is 419 g/mol. The van der Waals surface area contributed by atoms with Crippen molar-refractivity contribution in [2.24, 2.45) is 0 Å². The number of rotatable bonds is 4. The smallest absolute Gasteiger partial charge is 0.167 e. The van der Waals surface area contributed by atoms with Gasteiger partial charge in [-0.3, -0.25) is 4.79 Å². The number of methoxy groups -OCH3 is 1. The van der Waals surface area contributed by atoms with Crippen LogP contribution < -0.4 is 4.74 Å². The first-order valence-electron chi connectivity index (χ1n) is 5.81. The van der Waals surface area contributed by atoms with E-state index in [4.69, 9.17) is 16.3 Å². The highest BCUT2D eigenvalue weighted by molar-refractivity contribution is 9.10. The van der Waals surface area contributed by atoms with E-state index in [1.54, 1.807) is 25.3 Å². The van der Waals surface area contributed by atoms with Crippen LogP contribution >= 0.6 is 43.5 Å². The molecule has 2 aromatic rings. The predicted octanol–water partition coefficient (Wildman–Crippen LogP) is 5.30. The Morgan fingerprint density at radius 1 is 1.20 bits per heavy atom. The molecule has 0 saturated carbocycles. The first-order valence-corrected chi connectivity index (χ1v) is 7.77. The van der Waals surface area contributed by atoms with Gasteiger partial charge in [-0.15, -0.1) is 0 Å². The fourth-order valence-corrected chi connectivity index (χ4v) is 3.27. The molecule has 0 spiro atoms. The summed E-state index contributed by atoms with van der Waals surface area (Å²) in [5, 5.41) is 0.540. The fraction of sp³-hybridized carbons (Fsp3) is 0.133. The van der Waals surface area contributed by atoms with Gasteiger partial charge in [-0.2, -0.15) is 0 Å². The summed E-state index contributed by atoms with van der Waals surface area (Å²) >= 11 is 12.7. The molecule has 0 aliphatic heterocycles. The Morgan fingerprint density at radius 2 is 1.95 bits per heavy atom. The van der Waals surface area contributed by atoms with E-state index in [0.29, 0.717) is 17.0 Å². The van der Waals surface area contributed by atoms with Gasteiger partial charge in [0.1, 0.15) is 5.75 Å². The van der Waals surface area contributed by atoms with Crippen molar-refractivity contribution in [2.75, 3.05) is 7.11 Å². The van der Waals surface area contributed by atoms with E-state index in [2.05, 4.69) is 31.9 Å². The van der Waals surface area contributed by atoms with E-state index >= 15 is 0 Å². The molecule has 5 heteroatoms. The highest BCUT2D eigenvalue weighted by atomic mass is 79.9. The largest absolute Gasteiger partial charge is 0.496 e. The zero-order valence-corrected chi connectivity index (χ0v) is 14.5. The summed E-state index contributed by atoms with van der Waals surface area (Å²) < 4.78 is 6.79. The first kappa shape index (κ1) is 15.5. The molecule has 0 aliphatic carbocycles. The molecule has 104 valence electrons. The number of carbonyl (C=O) groups is 1. The van der Waals surface area contributed by atoms with Crippen LogP contribution in [-0.4, -0.2) is 12.9 Å². The van der Waals surface area contributed by atoms with Gasteiger partial charge in [0.2, 0.25) is 0 Å². The van der Waals surface area contributed by atoms with Gasteiger partial charge in [-0.25, -0.2) is 0 Å². The Bertz CT molecular complexity index is 636. The quantitative estimate of drug-likeness (QED) is 0.630. The zero-order chi connectivity index (χ0) is 14.7. The lowest BCUT2D eigenvalue weighted by Gasteiger charge is -2.07. The summed E-state index contributed by atoms with van der Waals surface area (Å²) in [5.74, 6) is 0.761. The Labute approximate surface area is 139 Å². The van der Waals surface area contributed by atoms with Crippen molar-refractivity contribution < 1.29 is 9.53 Å². The van der Waals surface area contributed by atoms with E-state index in [1.165, 1.54) is 0 Å². The van der Waals surface area contributed by atoms with Crippen molar-refractivity contribution in [1.29, 1.82) is 0 Å². The molecule has 0 radical (unpaired) electrons. The molecule has 2 aromatic carbocycles. The second-order valence-electron chi connectivity index (χ2n) is 4.23. The Hall–Kier alpha value is -0.840. The minimum atomic E-state index is 0.0188. The topological polar surface area (TPSA) is 26.3 Å². The fourth-order valence-electron chi connectivity index (χ4n) is 1.82. The van der Waals surface area contributed by atoms with Crippen LogP contribution in [0.2, 0.25) is 5.02 Å². The maximum absolute atomic E-state index is 12.3. The Morgan fingerprint density at radius 3 is 2.55 bits per heavy atom. The number of halogens is 3. The lowest BCUT2D eigenvalue weighted by atomic mass is 10.0. The molecule has 0 N–H and O–H groups in total. The number of hydrogen-bond donors (Lipinski definition) is 0. The SMILES string of the molecule is COc1ccc(CC(=O)c2cc(Cl)cc(Br)c2)cc1Br.